The highest BCUT2D eigenvalue weighted by molar-refractivity contribution is 5.95. The molecule has 256 valence electrons. The molecule has 0 radical (unpaired) electrons. The minimum atomic E-state index is -0.977. The van der Waals surface area contributed by atoms with Gasteiger partial charge in [-0.15, -0.1) is 10.2 Å². The van der Waals surface area contributed by atoms with Gasteiger partial charge in [0.15, 0.2) is 5.82 Å². The van der Waals surface area contributed by atoms with Crippen molar-refractivity contribution in [2.45, 2.75) is 62.6 Å². The van der Waals surface area contributed by atoms with Gasteiger partial charge in [-0.05, 0) is 116 Å². The molecular formula is C38H39FN8O3. The van der Waals surface area contributed by atoms with Crippen molar-refractivity contribution >= 4 is 17.7 Å². The van der Waals surface area contributed by atoms with Gasteiger partial charge in [0, 0.05) is 42.9 Å². The Balaban J connectivity index is 1.35. The number of amides is 3. The molecule has 0 spiro atoms. The number of halogens is 1. The lowest BCUT2D eigenvalue weighted by atomic mass is 9.67. The third-order valence-electron chi connectivity index (χ3n) is 10.5. The Morgan fingerprint density at radius 2 is 1.58 bits per heavy atom. The number of benzene rings is 3. The lowest BCUT2D eigenvalue weighted by molar-refractivity contribution is -0.131. The van der Waals surface area contributed by atoms with Crippen LogP contribution in [0.4, 0.5) is 4.39 Å². The molecule has 2 aliphatic carbocycles. The summed E-state index contributed by atoms with van der Waals surface area (Å²) in [6.45, 7) is 2.08. The molecule has 2 heterocycles. The first-order valence-corrected chi connectivity index (χ1v) is 17.0. The van der Waals surface area contributed by atoms with Gasteiger partial charge in [-0.3, -0.25) is 14.4 Å². The van der Waals surface area contributed by atoms with Crippen LogP contribution in [0.3, 0.4) is 0 Å². The standard InChI is InChI=1S/C38H39FN8O3/c1-21(43-20-33(48)47-29(19-40)16-27-17-32(27)47)18-38(37-44-34(45-46-37)22-6-10-28(39)11-7-22)30-12-8-25(35(49)41-2)14-23(30)4-5-24-15-26(36(50)42-3)9-13-31(24)38/h6-15,21,27,29,32,43H,4-5,16-18,20H2,1-3H3,(H,41,49)(H,42,50)(H,44,45,46)/t21-,27+,29-,32-/m0/s1. The molecule has 3 amide bonds. The number of nitrogens with one attached hydrogen (secondary N) is 4. The molecule has 1 aliphatic heterocycles. The first kappa shape index (κ1) is 33.1. The van der Waals surface area contributed by atoms with E-state index in [0.717, 1.165) is 35.1 Å². The number of likely N-dealkylation sites (tertiary alicyclic amines) is 1. The minimum Gasteiger partial charge on any atom is -0.355 e. The second kappa shape index (κ2) is 13.1. The minimum absolute atomic E-state index is 0.0703. The van der Waals surface area contributed by atoms with Crippen molar-refractivity contribution in [1.82, 2.24) is 36.0 Å². The van der Waals surface area contributed by atoms with Crippen LogP contribution in [0.5, 0.6) is 0 Å². The molecule has 4 N–H and O–H groups in total. The summed E-state index contributed by atoms with van der Waals surface area (Å²) in [5.74, 6) is 0.552. The van der Waals surface area contributed by atoms with Gasteiger partial charge in [-0.2, -0.15) is 5.26 Å². The molecule has 2 fully saturated rings. The van der Waals surface area contributed by atoms with Crippen LogP contribution in [0.1, 0.15) is 75.0 Å². The lowest BCUT2D eigenvalue weighted by Crippen LogP contribution is -2.46. The SMILES string of the molecule is CNC(=O)c1ccc2c(c1)CCc1cc(C(=O)NC)ccc1C2(C[C@H](C)NCC(=O)N1[C@H](C#N)C[C@@H]2C[C@@H]21)c1nnc(-c2ccc(F)cc2)[nH]1. The van der Waals surface area contributed by atoms with Crippen molar-refractivity contribution < 1.29 is 18.8 Å². The Morgan fingerprint density at radius 3 is 2.16 bits per heavy atom. The smallest absolute Gasteiger partial charge is 0.251 e. The summed E-state index contributed by atoms with van der Waals surface area (Å²) in [5.41, 5.74) is 4.46. The number of hydrogen-bond acceptors (Lipinski definition) is 7. The topological polar surface area (TPSA) is 156 Å². The van der Waals surface area contributed by atoms with Crippen LogP contribution in [0, 0.1) is 23.1 Å². The number of rotatable bonds is 9. The van der Waals surface area contributed by atoms with Gasteiger partial charge in [-0.25, -0.2) is 4.39 Å². The molecule has 11 nitrogen and oxygen atoms in total. The van der Waals surface area contributed by atoms with E-state index in [1.165, 1.54) is 12.1 Å². The lowest BCUT2D eigenvalue weighted by Gasteiger charge is -2.37. The monoisotopic (exact) mass is 674 g/mol. The maximum absolute atomic E-state index is 13.8. The van der Waals surface area contributed by atoms with Crippen LogP contribution >= 0.6 is 0 Å². The number of nitriles is 1. The number of piperidine rings is 1. The summed E-state index contributed by atoms with van der Waals surface area (Å²) in [7, 11) is 3.19. The fourth-order valence-corrected chi connectivity index (χ4v) is 8.00. The second-order valence-electron chi connectivity index (χ2n) is 13.6. The van der Waals surface area contributed by atoms with Crippen molar-refractivity contribution in [2.24, 2.45) is 5.92 Å². The van der Waals surface area contributed by atoms with Crippen LogP contribution in [0.2, 0.25) is 0 Å². The zero-order valence-corrected chi connectivity index (χ0v) is 28.2. The number of aromatic amines is 1. The van der Waals surface area contributed by atoms with E-state index < -0.39 is 11.5 Å². The van der Waals surface area contributed by atoms with E-state index in [-0.39, 0.29) is 42.2 Å². The van der Waals surface area contributed by atoms with Gasteiger partial charge < -0.3 is 25.8 Å². The van der Waals surface area contributed by atoms with Crippen LogP contribution < -0.4 is 16.0 Å². The largest absolute Gasteiger partial charge is 0.355 e. The number of fused-ring (bicyclic) bond motifs is 3. The maximum Gasteiger partial charge on any atom is 0.251 e. The Morgan fingerprint density at radius 1 is 0.960 bits per heavy atom. The quantitative estimate of drug-likeness (QED) is 0.211. The van der Waals surface area contributed by atoms with Crippen molar-refractivity contribution in [2.75, 3.05) is 20.6 Å². The molecule has 3 aromatic carbocycles. The van der Waals surface area contributed by atoms with E-state index >= 15 is 0 Å². The molecular weight excluding hydrogens is 635 g/mol. The van der Waals surface area contributed by atoms with Gasteiger partial charge in [-0.1, -0.05) is 12.1 Å². The summed E-state index contributed by atoms with van der Waals surface area (Å²) >= 11 is 0. The maximum atomic E-state index is 13.8. The number of H-pyrrole nitrogens is 1. The number of hydrogen-bond donors (Lipinski definition) is 4. The van der Waals surface area contributed by atoms with E-state index in [9.17, 15) is 24.0 Å². The van der Waals surface area contributed by atoms with Crippen LogP contribution in [0.15, 0.2) is 60.7 Å². The normalized spacial score (nSPS) is 20.4. The molecule has 4 atom stereocenters. The predicted octanol–water partition coefficient (Wildman–Crippen LogP) is 3.64. The molecule has 4 aromatic rings. The van der Waals surface area contributed by atoms with Crippen LogP contribution in [-0.4, -0.2) is 76.6 Å². The van der Waals surface area contributed by atoms with E-state index in [1.54, 1.807) is 43.3 Å². The molecule has 1 saturated heterocycles. The molecule has 12 heteroatoms. The van der Waals surface area contributed by atoms with Crippen LogP contribution in [-0.2, 0) is 23.1 Å². The van der Waals surface area contributed by atoms with E-state index in [2.05, 4.69) is 32.1 Å². The number of nitrogens with zero attached hydrogens (tertiary/aromatic N) is 4. The fourth-order valence-electron chi connectivity index (χ4n) is 8.00. The third-order valence-corrected chi connectivity index (χ3v) is 10.5. The predicted molar refractivity (Wildman–Crippen MR) is 184 cm³/mol. The Hall–Kier alpha value is -5.41. The van der Waals surface area contributed by atoms with E-state index in [0.29, 0.717) is 53.5 Å². The summed E-state index contributed by atoms with van der Waals surface area (Å²) in [6, 6.07) is 19.2. The highest BCUT2D eigenvalue weighted by Crippen LogP contribution is 2.49. The summed E-state index contributed by atoms with van der Waals surface area (Å²) in [4.78, 5) is 44.3. The van der Waals surface area contributed by atoms with Gasteiger partial charge in [0.2, 0.25) is 5.91 Å². The second-order valence-corrected chi connectivity index (χ2v) is 13.6. The average Bonchev–Trinajstić information content (AvgIpc) is 3.57. The van der Waals surface area contributed by atoms with Gasteiger partial charge in [0.1, 0.15) is 17.7 Å². The molecule has 7 rings (SSSR count). The zero-order valence-electron chi connectivity index (χ0n) is 28.2. The van der Waals surface area contributed by atoms with E-state index in [1.807, 2.05) is 31.2 Å². The van der Waals surface area contributed by atoms with Crippen molar-refractivity contribution in [3.63, 3.8) is 0 Å². The highest BCUT2D eigenvalue weighted by Gasteiger charge is 2.54. The van der Waals surface area contributed by atoms with Crippen molar-refractivity contribution in [1.29, 1.82) is 5.26 Å². The molecule has 50 heavy (non-hydrogen) atoms. The van der Waals surface area contributed by atoms with E-state index in [4.69, 9.17) is 5.10 Å². The van der Waals surface area contributed by atoms with Gasteiger partial charge >= 0.3 is 0 Å². The molecule has 1 aromatic heterocycles. The molecule has 0 unspecified atom stereocenters. The highest BCUT2D eigenvalue weighted by atomic mass is 19.1. The molecule has 0 bridgehead atoms. The fraction of sp³-hybridized carbons (Fsp3) is 0.368. The summed E-state index contributed by atoms with van der Waals surface area (Å²) in [5, 5.41) is 27.8. The number of carbonyl (C=O) groups excluding carboxylic acids is 3. The summed E-state index contributed by atoms with van der Waals surface area (Å²) in [6.07, 6.45) is 3.30. The Kier molecular flexibility index (Phi) is 8.70. The van der Waals surface area contributed by atoms with Gasteiger partial charge in [0.05, 0.1) is 18.0 Å². The number of aryl methyl sites for hydroxylation is 2. The third kappa shape index (κ3) is 5.81. The number of aromatic nitrogens is 3. The Bertz CT molecular complexity index is 1950. The Labute approximate surface area is 289 Å². The van der Waals surface area contributed by atoms with Gasteiger partial charge in [0.25, 0.3) is 11.8 Å². The average molecular weight is 675 g/mol. The van der Waals surface area contributed by atoms with Crippen molar-refractivity contribution in [3.05, 3.63) is 106 Å². The molecule has 3 aliphatic rings. The first-order valence-electron chi connectivity index (χ1n) is 17.0. The van der Waals surface area contributed by atoms with Crippen molar-refractivity contribution in [3.8, 4) is 17.5 Å². The summed E-state index contributed by atoms with van der Waals surface area (Å²) < 4.78 is 13.8. The zero-order chi connectivity index (χ0) is 35.2. The van der Waals surface area contributed by atoms with Crippen LogP contribution in [0.25, 0.3) is 11.4 Å². The molecule has 1 saturated carbocycles. The number of carbonyl (C=O) groups is 3. The first-order chi connectivity index (χ1) is 24.2.